The molecule has 1 heterocycles. The second kappa shape index (κ2) is 10.5. The van der Waals surface area contributed by atoms with Gasteiger partial charge in [0.25, 0.3) is 5.91 Å². The lowest BCUT2D eigenvalue weighted by Crippen LogP contribution is -2.63. The van der Waals surface area contributed by atoms with Gasteiger partial charge in [-0.1, -0.05) is 30.3 Å². The molecule has 10 nitrogen and oxygen atoms in total. The highest BCUT2D eigenvalue weighted by atomic mass is 16.5. The number of phenols is 1. The quantitative estimate of drug-likeness (QED) is 0.366. The summed E-state index contributed by atoms with van der Waals surface area (Å²) in [6.45, 7) is 1.28. The van der Waals surface area contributed by atoms with Gasteiger partial charge >= 0.3 is 0 Å². The van der Waals surface area contributed by atoms with Crippen molar-refractivity contribution in [3.05, 3.63) is 93.2 Å². The molecule has 0 aromatic heterocycles. The van der Waals surface area contributed by atoms with Crippen LogP contribution in [0.15, 0.2) is 70.9 Å². The van der Waals surface area contributed by atoms with Crippen molar-refractivity contribution < 1.29 is 34.4 Å². The summed E-state index contributed by atoms with van der Waals surface area (Å²) in [7, 11) is 7.08. The molecule has 0 saturated heterocycles. The van der Waals surface area contributed by atoms with Crippen LogP contribution < -0.4 is 10.5 Å². The molecule has 0 unspecified atom stereocenters. The Labute approximate surface area is 250 Å². The summed E-state index contributed by atoms with van der Waals surface area (Å²) >= 11 is 0. The number of rotatable bonds is 8. The molecule has 0 saturated carbocycles. The summed E-state index contributed by atoms with van der Waals surface area (Å²) in [5.74, 6) is -2.43. The number of carbonyl (C=O) groups is 2. The summed E-state index contributed by atoms with van der Waals surface area (Å²) in [6.07, 6.45) is 2.86. The van der Waals surface area contributed by atoms with Gasteiger partial charge < -0.3 is 35.4 Å². The Balaban J connectivity index is 1.38. The van der Waals surface area contributed by atoms with Gasteiger partial charge in [-0.25, -0.2) is 0 Å². The van der Waals surface area contributed by atoms with Crippen LogP contribution in [-0.4, -0.2) is 83.3 Å². The Bertz CT molecular complexity index is 1610. The number of aromatic hydroxyl groups is 1. The van der Waals surface area contributed by atoms with Crippen LogP contribution in [0.1, 0.15) is 33.5 Å². The number of methoxy groups -OCH3 is 1. The van der Waals surface area contributed by atoms with E-state index in [1.807, 2.05) is 25.2 Å². The smallest absolute Gasteiger partial charge is 0.252 e. The summed E-state index contributed by atoms with van der Waals surface area (Å²) < 4.78 is 11.8. The number of nitrogens with two attached hydrogens (primary N) is 1. The number of ether oxygens (including phenoxy) is 2. The third kappa shape index (κ3) is 4.23. The number of fused-ring (bicyclic) bond motifs is 2. The zero-order chi connectivity index (χ0) is 30.8. The number of aliphatic hydroxyl groups is 2. The molecule has 1 amide bonds. The van der Waals surface area contributed by atoms with Crippen LogP contribution in [0.2, 0.25) is 0 Å². The van der Waals surface area contributed by atoms with E-state index in [0.717, 1.165) is 18.5 Å². The number of benzene rings is 2. The van der Waals surface area contributed by atoms with Gasteiger partial charge in [-0.15, -0.1) is 0 Å². The average molecular weight is 588 g/mol. The number of Topliss-reactive ketones (excluding diaryl/α,β-unsaturated/α-hetero) is 1. The fourth-order valence-corrected chi connectivity index (χ4v) is 7.59. The van der Waals surface area contributed by atoms with Crippen LogP contribution in [0, 0.1) is 11.8 Å². The molecule has 1 spiro atoms. The molecule has 43 heavy (non-hydrogen) atoms. The van der Waals surface area contributed by atoms with Gasteiger partial charge in [0.2, 0.25) is 0 Å². The van der Waals surface area contributed by atoms with E-state index in [4.69, 9.17) is 15.2 Å². The number of likely N-dealkylation sites (N-methyl/N-ethyl adjacent to an activating group) is 2. The largest absolute Gasteiger partial charge is 0.510 e. The Hall–Kier alpha value is -4.28. The van der Waals surface area contributed by atoms with Crippen molar-refractivity contribution in [3.63, 3.8) is 0 Å². The maximum atomic E-state index is 14.1. The van der Waals surface area contributed by atoms with Crippen LogP contribution in [0.25, 0.3) is 0 Å². The molecule has 4 aliphatic rings. The lowest BCUT2D eigenvalue weighted by molar-refractivity contribution is -0.118. The maximum Gasteiger partial charge on any atom is 0.252 e. The number of amides is 1. The zero-order valence-corrected chi connectivity index (χ0v) is 24.8. The Kier molecular flexibility index (Phi) is 7.01. The summed E-state index contributed by atoms with van der Waals surface area (Å²) in [4.78, 5) is 30.4. The molecule has 6 rings (SSSR count). The molecule has 226 valence electrons. The van der Waals surface area contributed by atoms with Crippen molar-refractivity contribution in [2.75, 3.05) is 34.8 Å². The molecule has 5 N–H and O–H groups in total. The number of allylic oxidation sites excluding steroid dienone is 1. The number of aliphatic hydroxyl groups excluding tert-OH is 2. The Morgan fingerprint density at radius 1 is 1.16 bits per heavy atom. The highest BCUT2D eigenvalue weighted by Gasteiger charge is 2.66. The molecule has 1 aliphatic heterocycles. The first-order chi connectivity index (χ1) is 20.5. The summed E-state index contributed by atoms with van der Waals surface area (Å²) in [5, 5.41) is 34.2. The van der Waals surface area contributed by atoms with Gasteiger partial charge in [-0.2, -0.15) is 0 Å². The number of primary amides is 1. The summed E-state index contributed by atoms with van der Waals surface area (Å²) in [6, 6.07) is 11.1. The second-order valence-electron chi connectivity index (χ2n) is 12.2. The first kappa shape index (κ1) is 28.8. The molecule has 0 bridgehead atoms. The molecule has 3 aliphatic carbocycles. The van der Waals surface area contributed by atoms with Crippen molar-refractivity contribution in [1.29, 1.82) is 0 Å². The van der Waals surface area contributed by atoms with Crippen LogP contribution in [-0.2, 0) is 28.9 Å². The standard InChI is InChI=1S/C33H37N3O7/c1-35(2)27-21-13-18-12-20-25(28(38)24(18)31(40)33(21)22(16-43-33)26(29(27)39)32(34)41)23(37)14-19(30(20)42-4)15-36(3)11-10-17-8-6-5-7-9-17/h5-9,14,16,18,21,27,37,39-40H,10-13,15H2,1-4H3,(H2,34,41)/t18-,21-,27-,33+/m0/s1. The SMILES string of the molecule is COc1c(CN(C)CCc2ccccc2)cc(O)c2c1C[C@H]1C[C@H]3[C@H](N(C)C)C(O)=C(C(N)=O)C4=CO[C@@]43C(O)=C1C2=O. The molecular formula is C33H37N3O7. The van der Waals surface area contributed by atoms with E-state index in [-0.39, 0.29) is 39.6 Å². The van der Waals surface area contributed by atoms with E-state index in [9.17, 15) is 24.9 Å². The van der Waals surface area contributed by atoms with Crippen molar-refractivity contribution in [2.45, 2.75) is 37.5 Å². The Morgan fingerprint density at radius 2 is 1.88 bits per heavy atom. The van der Waals surface area contributed by atoms with Crippen LogP contribution in [0.3, 0.4) is 0 Å². The van der Waals surface area contributed by atoms with Crippen LogP contribution >= 0.6 is 0 Å². The monoisotopic (exact) mass is 587 g/mol. The van der Waals surface area contributed by atoms with E-state index >= 15 is 0 Å². The predicted molar refractivity (Wildman–Crippen MR) is 159 cm³/mol. The fraction of sp³-hybridized carbons (Fsp3) is 0.394. The first-order valence-corrected chi connectivity index (χ1v) is 14.4. The van der Waals surface area contributed by atoms with E-state index < -0.39 is 35.2 Å². The third-order valence-electron chi connectivity index (χ3n) is 9.45. The molecule has 2 aromatic rings. The van der Waals surface area contributed by atoms with Crippen molar-refractivity contribution in [2.24, 2.45) is 17.6 Å². The Morgan fingerprint density at radius 3 is 2.49 bits per heavy atom. The molecular weight excluding hydrogens is 550 g/mol. The van der Waals surface area contributed by atoms with Crippen molar-refractivity contribution in [3.8, 4) is 11.5 Å². The van der Waals surface area contributed by atoms with Gasteiger partial charge in [0.1, 0.15) is 23.0 Å². The fourth-order valence-electron chi connectivity index (χ4n) is 7.59. The number of ketones is 1. The highest BCUT2D eigenvalue weighted by Crippen LogP contribution is 2.60. The van der Waals surface area contributed by atoms with Gasteiger partial charge in [0, 0.05) is 35.7 Å². The van der Waals surface area contributed by atoms with Crippen LogP contribution in [0.5, 0.6) is 11.5 Å². The van der Waals surface area contributed by atoms with Gasteiger partial charge in [-0.3, -0.25) is 14.5 Å². The van der Waals surface area contributed by atoms with E-state index in [1.165, 1.54) is 11.8 Å². The minimum Gasteiger partial charge on any atom is -0.510 e. The molecule has 4 atom stereocenters. The van der Waals surface area contributed by atoms with E-state index in [2.05, 4.69) is 17.0 Å². The number of hydrogen-bond acceptors (Lipinski definition) is 9. The normalized spacial score (nSPS) is 25.8. The topological polar surface area (TPSA) is 146 Å². The minimum atomic E-state index is -1.49. The lowest BCUT2D eigenvalue weighted by Gasteiger charge is -2.57. The molecule has 2 aromatic carbocycles. The van der Waals surface area contributed by atoms with E-state index in [1.54, 1.807) is 32.2 Å². The highest BCUT2D eigenvalue weighted by molar-refractivity contribution is 6.14. The third-order valence-corrected chi connectivity index (χ3v) is 9.45. The number of carbonyl (C=O) groups excluding carboxylic acids is 2. The lowest BCUT2D eigenvalue weighted by atomic mass is 9.56. The number of hydrogen-bond donors (Lipinski definition) is 4. The number of nitrogens with zero attached hydrogens (tertiary/aromatic N) is 2. The van der Waals surface area contributed by atoms with Crippen molar-refractivity contribution in [1.82, 2.24) is 9.80 Å². The molecule has 0 radical (unpaired) electrons. The first-order valence-electron chi connectivity index (χ1n) is 14.4. The number of phenolic OH excluding ortho intramolecular Hbond substituents is 1. The molecule has 0 fully saturated rings. The zero-order valence-electron chi connectivity index (χ0n) is 24.8. The summed E-state index contributed by atoms with van der Waals surface area (Å²) in [5.41, 5.74) is 7.13. The van der Waals surface area contributed by atoms with Crippen LogP contribution in [0.4, 0.5) is 0 Å². The van der Waals surface area contributed by atoms with Gasteiger partial charge in [0.05, 0.1) is 36.1 Å². The van der Waals surface area contributed by atoms with Gasteiger partial charge in [-0.05, 0) is 58.0 Å². The predicted octanol–water partition coefficient (Wildman–Crippen LogP) is 3.16. The minimum absolute atomic E-state index is 0.0959. The second-order valence-corrected chi connectivity index (χ2v) is 12.2. The van der Waals surface area contributed by atoms with Gasteiger partial charge in [0.15, 0.2) is 11.4 Å². The van der Waals surface area contributed by atoms with E-state index in [0.29, 0.717) is 30.7 Å². The maximum absolute atomic E-state index is 14.1. The average Bonchev–Trinajstić information content (AvgIpc) is 2.93. The van der Waals surface area contributed by atoms with Crippen molar-refractivity contribution >= 4 is 11.7 Å². The molecule has 10 heteroatoms.